The Morgan fingerprint density at radius 1 is 1.47 bits per heavy atom. The first-order valence-corrected chi connectivity index (χ1v) is 5.91. The van der Waals surface area contributed by atoms with Crippen molar-refractivity contribution in [2.24, 2.45) is 0 Å². The van der Waals surface area contributed by atoms with Crippen molar-refractivity contribution in [1.29, 1.82) is 5.26 Å². The molecule has 0 spiro atoms. The number of nitriles is 1. The second-order valence-electron chi connectivity index (χ2n) is 4.39. The molecule has 1 unspecified atom stereocenters. The largest absolute Gasteiger partial charge is 0.383 e. The number of nitrogens with zero attached hydrogens (tertiary/aromatic N) is 3. The van der Waals surface area contributed by atoms with Gasteiger partial charge in [0.25, 0.3) is 0 Å². The van der Waals surface area contributed by atoms with Gasteiger partial charge in [-0.1, -0.05) is 6.07 Å². The predicted molar refractivity (Wildman–Crippen MR) is 69.1 cm³/mol. The lowest BCUT2D eigenvalue weighted by Crippen LogP contribution is -2.34. The number of rotatable bonds is 5. The van der Waals surface area contributed by atoms with Gasteiger partial charge in [-0.15, -0.1) is 0 Å². The summed E-state index contributed by atoms with van der Waals surface area (Å²) in [6, 6.07) is 6.63. The number of aromatic nitrogens is 1. The molecule has 2 N–H and O–H groups in total. The van der Waals surface area contributed by atoms with E-state index >= 15 is 0 Å². The number of hydrogen-bond donors (Lipinski definition) is 1. The quantitative estimate of drug-likeness (QED) is 0.846. The van der Waals surface area contributed by atoms with Crippen LogP contribution >= 0.6 is 0 Å². The van der Waals surface area contributed by atoms with E-state index in [1.165, 1.54) is 0 Å². The molecule has 0 radical (unpaired) electrons. The van der Waals surface area contributed by atoms with Crippen LogP contribution < -0.4 is 5.73 Å². The predicted octanol–water partition coefficient (Wildman–Crippen LogP) is 2.35. The molecular formula is C13H20N4. The van der Waals surface area contributed by atoms with Gasteiger partial charge in [-0.2, -0.15) is 5.26 Å². The van der Waals surface area contributed by atoms with Crippen molar-refractivity contribution < 1.29 is 0 Å². The summed E-state index contributed by atoms with van der Waals surface area (Å²) in [4.78, 5) is 6.37. The summed E-state index contributed by atoms with van der Waals surface area (Å²) < 4.78 is 0. The Balaban J connectivity index is 2.88. The van der Waals surface area contributed by atoms with Crippen LogP contribution in [0.3, 0.4) is 0 Å². The van der Waals surface area contributed by atoms with Crippen molar-refractivity contribution in [1.82, 2.24) is 9.88 Å². The Morgan fingerprint density at radius 2 is 2.18 bits per heavy atom. The Morgan fingerprint density at radius 3 is 2.71 bits per heavy atom. The molecule has 1 heterocycles. The first-order valence-electron chi connectivity index (χ1n) is 5.91. The standard InChI is InChI=1S/C13H20N4/c1-10(2)17(9-5-7-14)11(3)12-6-4-8-16-13(12)15/h4,6,8,10-11H,5,9H2,1-3H3,(H2,15,16). The molecule has 0 amide bonds. The Kier molecular flexibility index (Phi) is 4.92. The SMILES string of the molecule is CC(C)N(CCC#N)C(C)c1cccnc1N. The van der Waals surface area contributed by atoms with E-state index in [0.717, 1.165) is 12.1 Å². The number of hydrogen-bond acceptors (Lipinski definition) is 4. The van der Waals surface area contributed by atoms with E-state index in [0.29, 0.717) is 18.3 Å². The summed E-state index contributed by atoms with van der Waals surface area (Å²) in [5, 5.41) is 8.69. The van der Waals surface area contributed by atoms with Crippen LogP contribution in [0.25, 0.3) is 0 Å². The molecule has 0 aliphatic rings. The van der Waals surface area contributed by atoms with Crippen LogP contribution in [-0.2, 0) is 0 Å². The molecule has 4 heteroatoms. The van der Waals surface area contributed by atoms with Crippen molar-refractivity contribution >= 4 is 5.82 Å². The molecule has 0 bridgehead atoms. The molecule has 0 saturated heterocycles. The summed E-state index contributed by atoms with van der Waals surface area (Å²) in [5.41, 5.74) is 6.91. The fourth-order valence-electron chi connectivity index (χ4n) is 2.04. The van der Waals surface area contributed by atoms with Gasteiger partial charge in [-0.05, 0) is 26.8 Å². The fraction of sp³-hybridized carbons (Fsp3) is 0.538. The molecule has 0 aliphatic carbocycles. The molecule has 17 heavy (non-hydrogen) atoms. The van der Waals surface area contributed by atoms with Crippen molar-refractivity contribution in [3.63, 3.8) is 0 Å². The van der Waals surface area contributed by atoms with Gasteiger partial charge < -0.3 is 5.73 Å². The van der Waals surface area contributed by atoms with Gasteiger partial charge in [-0.3, -0.25) is 4.90 Å². The summed E-state index contributed by atoms with van der Waals surface area (Å²) in [5.74, 6) is 0.572. The minimum absolute atomic E-state index is 0.178. The lowest BCUT2D eigenvalue weighted by Gasteiger charge is -2.32. The molecule has 1 atom stereocenters. The van der Waals surface area contributed by atoms with E-state index in [-0.39, 0.29) is 6.04 Å². The van der Waals surface area contributed by atoms with Crippen molar-refractivity contribution in [2.75, 3.05) is 12.3 Å². The number of nitrogen functional groups attached to an aromatic ring is 1. The van der Waals surface area contributed by atoms with Crippen LogP contribution in [0, 0.1) is 11.3 Å². The molecule has 0 fully saturated rings. The van der Waals surface area contributed by atoms with Crippen LogP contribution in [0.5, 0.6) is 0 Å². The first kappa shape index (κ1) is 13.5. The van der Waals surface area contributed by atoms with Gasteiger partial charge in [0.2, 0.25) is 0 Å². The average Bonchev–Trinajstić information content (AvgIpc) is 2.29. The average molecular weight is 232 g/mol. The normalized spacial score (nSPS) is 12.7. The van der Waals surface area contributed by atoms with Gasteiger partial charge in [0.05, 0.1) is 6.07 Å². The zero-order valence-corrected chi connectivity index (χ0v) is 10.7. The minimum atomic E-state index is 0.178. The second-order valence-corrected chi connectivity index (χ2v) is 4.39. The van der Waals surface area contributed by atoms with E-state index in [1.807, 2.05) is 12.1 Å². The lowest BCUT2D eigenvalue weighted by molar-refractivity contribution is 0.169. The molecule has 4 nitrogen and oxygen atoms in total. The highest BCUT2D eigenvalue weighted by Gasteiger charge is 2.20. The highest BCUT2D eigenvalue weighted by Crippen LogP contribution is 2.25. The third-order valence-corrected chi connectivity index (χ3v) is 2.96. The Labute approximate surface area is 103 Å². The summed E-state index contributed by atoms with van der Waals surface area (Å²) in [6.07, 6.45) is 2.23. The second kappa shape index (κ2) is 6.21. The monoisotopic (exact) mass is 232 g/mol. The number of anilines is 1. The Hall–Kier alpha value is -1.60. The van der Waals surface area contributed by atoms with Crippen LogP contribution in [-0.4, -0.2) is 22.5 Å². The van der Waals surface area contributed by atoms with Gasteiger partial charge >= 0.3 is 0 Å². The zero-order chi connectivity index (χ0) is 12.8. The van der Waals surface area contributed by atoms with Crippen LogP contribution in [0.4, 0.5) is 5.82 Å². The van der Waals surface area contributed by atoms with Crippen LogP contribution in [0.2, 0.25) is 0 Å². The maximum absolute atomic E-state index is 8.69. The topological polar surface area (TPSA) is 65.9 Å². The van der Waals surface area contributed by atoms with Gasteiger partial charge in [0, 0.05) is 36.8 Å². The molecule has 0 aliphatic heterocycles. The molecule has 1 aromatic heterocycles. The van der Waals surface area contributed by atoms with E-state index < -0.39 is 0 Å². The van der Waals surface area contributed by atoms with E-state index in [9.17, 15) is 0 Å². The van der Waals surface area contributed by atoms with Crippen molar-refractivity contribution in [3.8, 4) is 6.07 Å². The number of nitrogens with two attached hydrogens (primary N) is 1. The third-order valence-electron chi connectivity index (χ3n) is 2.96. The fourth-order valence-corrected chi connectivity index (χ4v) is 2.04. The van der Waals surface area contributed by atoms with Gasteiger partial charge in [0.15, 0.2) is 0 Å². The molecule has 1 rings (SSSR count). The molecule has 92 valence electrons. The molecule has 1 aromatic rings. The molecule has 0 aromatic carbocycles. The van der Waals surface area contributed by atoms with E-state index in [2.05, 4.69) is 36.7 Å². The van der Waals surface area contributed by atoms with Crippen LogP contribution in [0.15, 0.2) is 18.3 Å². The van der Waals surface area contributed by atoms with Crippen LogP contribution in [0.1, 0.15) is 38.8 Å². The highest BCUT2D eigenvalue weighted by atomic mass is 15.2. The van der Waals surface area contributed by atoms with Crippen molar-refractivity contribution in [2.45, 2.75) is 39.3 Å². The van der Waals surface area contributed by atoms with E-state index in [4.69, 9.17) is 11.0 Å². The van der Waals surface area contributed by atoms with Crippen molar-refractivity contribution in [3.05, 3.63) is 23.9 Å². The summed E-state index contributed by atoms with van der Waals surface area (Å²) >= 11 is 0. The molecular weight excluding hydrogens is 212 g/mol. The van der Waals surface area contributed by atoms with Gasteiger partial charge in [0.1, 0.15) is 5.82 Å². The Bertz CT molecular complexity index is 395. The summed E-state index contributed by atoms with van der Waals surface area (Å²) in [6.45, 7) is 7.11. The van der Waals surface area contributed by atoms with E-state index in [1.54, 1.807) is 6.20 Å². The maximum atomic E-state index is 8.69. The maximum Gasteiger partial charge on any atom is 0.128 e. The smallest absolute Gasteiger partial charge is 0.128 e. The lowest BCUT2D eigenvalue weighted by atomic mass is 10.1. The number of pyridine rings is 1. The molecule has 0 saturated carbocycles. The third kappa shape index (κ3) is 3.43. The minimum Gasteiger partial charge on any atom is -0.383 e. The zero-order valence-electron chi connectivity index (χ0n) is 10.7. The highest BCUT2D eigenvalue weighted by molar-refractivity contribution is 5.40. The first-order chi connectivity index (χ1) is 8.07. The van der Waals surface area contributed by atoms with Gasteiger partial charge in [-0.25, -0.2) is 4.98 Å². The summed E-state index contributed by atoms with van der Waals surface area (Å²) in [7, 11) is 0.